The van der Waals surface area contributed by atoms with Gasteiger partial charge in [0.15, 0.2) is 11.5 Å². The zero-order valence-electron chi connectivity index (χ0n) is 9.40. The van der Waals surface area contributed by atoms with Crippen molar-refractivity contribution in [1.29, 1.82) is 0 Å². The van der Waals surface area contributed by atoms with Gasteiger partial charge in [0, 0.05) is 12.1 Å². The Morgan fingerprint density at radius 2 is 2.11 bits per heavy atom. The predicted octanol–water partition coefficient (Wildman–Crippen LogP) is 1.38. The summed E-state index contributed by atoms with van der Waals surface area (Å²) < 4.78 is 42.5. The Morgan fingerprint density at radius 1 is 1.32 bits per heavy atom. The van der Waals surface area contributed by atoms with Crippen molar-refractivity contribution in [3.05, 3.63) is 29.8 Å². The van der Waals surface area contributed by atoms with E-state index in [1.807, 2.05) is 5.43 Å². The van der Waals surface area contributed by atoms with Crippen LogP contribution in [0.2, 0.25) is 0 Å². The second kappa shape index (κ2) is 5.10. The molecule has 0 bridgehead atoms. The normalized spacial score (nSPS) is 11.4. The third-order valence-electron chi connectivity index (χ3n) is 2.08. The van der Waals surface area contributed by atoms with E-state index < -0.39 is 11.9 Å². The zero-order chi connectivity index (χ0) is 13.9. The topological polar surface area (TPSA) is 102 Å². The van der Waals surface area contributed by atoms with E-state index in [0.717, 1.165) is 6.07 Å². The minimum absolute atomic E-state index is 0.0355. The summed E-state index contributed by atoms with van der Waals surface area (Å²) >= 11 is 0. The van der Waals surface area contributed by atoms with Crippen LogP contribution >= 0.6 is 0 Å². The van der Waals surface area contributed by atoms with Gasteiger partial charge >= 0.3 is 6.18 Å². The fourth-order valence-corrected chi connectivity index (χ4v) is 1.26. The molecule has 0 atom stereocenters. The molecular weight excluding hydrogens is 265 g/mol. The number of aromatic nitrogens is 3. The summed E-state index contributed by atoms with van der Waals surface area (Å²) in [4.78, 5) is 6.96. The Hall–Kier alpha value is -2.36. The first-order valence-electron chi connectivity index (χ1n) is 5.05. The van der Waals surface area contributed by atoms with Gasteiger partial charge in [0.25, 0.3) is 0 Å². The van der Waals surface area contributed by atoms with Crippen LogP contribution in [0.1, 0.15) is 11.5 Å². The lowest BCUT2D eigenvalue weighted by Gasteiger charge is -2.10. The second-order valence-electron chi connectivity index (χ2n) is 3.44. The van der Waals surface area contributed by atoms with Gasteiger partial charge in [0.05, 0.1) is 12.7 Å². The summed E-state index contributed by atoms with van der Waals surface area (Å²) in [6, 6.07) is 2.35. The summed E-state index contributed by atoms with van der Waals surface area (Å²) in [5, 5.41) is 6.12. The average Bonchev–Trinajstić information content (AvgIpc) is 2.88. The van der Waals surface area contributed by atoms with Crippen LogP contribution in [0.4, 0.5) is 24.9 Å². The Kier molecular flexibility index (Phi) is 3.51. The van der Waals surface area contributed by atoms with Gasteiger partial charge in [-0.25, -0.2) is 10.8 Å². The molecule has 19 heavy (non-hydrogen) atoms. The number of hydrazine groups is 1. The number of rotatable bonds is 4. The average molecular weight is 274 g/mol. The highest BCUT2D eigenvalue weighted by molar-refractivity contribution is 5.42. The highest BCUT2D eigenvalue weighted by atomic mass is 19.4. The number of halogens is 3. The van der Waals surface area contributed by atoms with Gasteiger partial charge in [-0.2, -0.15) is 18.2 Å². The molecule has 0 aliphatic rings. The third-order valence-corrected chi connectivity index (χ3v) is 2.08. The van der Waals surface area contributed by atoms with Crippen molar-refractivity contribution in [2.45, 2.75) is 12.7 Å². The second-order valence-corrected chi connectivity index (χ2v) is 3.44. The zero-order valence-corrected chi connectivity index (χ0v) is 9.40. The maximum absolute atomic E-state index is 12.6. The molecule has 0 amide bonds. The van der Waals surface area contributed by atoms with Crippen LogP contribution in [-0.2, 0) is 12.7 Å². The molecule has 0 radical (unpaired) electrons. The lowest BCUT2D eigenvalue weighted by atomic mass is 10.3. The van der Waals surface area contributed by atoms with E-state index in [1.165, 1.54) is 6.20 Å². The van der Waals surface area contributed by atoms with Crippen LogP contribution in [0.25, 0.3) is 0 Å². The maximum Gasteiger partial charge on any atom is 0.433 e. The number of nitrogens with zero attached hydrogens (tertiary/aromatic N) is 3. The standard InChI is InChI=1S/C9H9F3N6O/c10-9(11,12)6-3-7(17-8(16-6)18-13)14-4-5-1-2-15-19-5/h1-3H,4,13H2,(H2,14,16,17,18). The number of hydrogen-bond acceptors (Lipinski definition) is 7. The number of anilines is 2. The minimum atomic E-state index is -4.59. The van der Waals surface area contributed by atoms with Gasteiger partial charge in [-0.05, 0) is 0 Å². The van der Waals surface area contributed by atoms with Gasteiger partial charge < -0.3 is 9.84 Å². The van der Waals surface area contributed by atoms with E-state index >= 15 is 0 Å². The van der Waals surface area contributed by atoms with Crippen molar-refractivity contribution in [3.63, 3.8) is 0 Å². The lowest BCUT2D eigenvalue weighted by molar-refractivity contribution is -0.141. The molecule has 2 rings (SSSR count). The minimum Gasteiger partial charge on any atom is -0.363 e. The molecule has 4 N–H and O–H groups in total. The van der Waals surface area contributed by atoms with Crippen LogP contribution in [0.15, 0.2) is 22.9 Å². The summed E-state index contributed by atoms with van der Waals surface area (Å²) in [6.45, 7) is 0.137. The first kappa shape index (κ1) is 13.1. The van der Waals surface area contributed by atoms with Crippen molar-refractivity contribution < 1.29 is 17.7 Å². The highest BCUT2D eigenvalue weighted by Gasteiger charge is 2.33. The fraction of sp³-hybridized carbons (Fsp3) is 0.222. The van der Waals surface area contributed by atoms with Crippen molar-refractivity contribution in [2.75, 3.05) is 10.7 Å². The van der Waals surface area contributed by atoms with Crippen molar-refractivity contribution in [2.24, 2.45) is 5.84 Å². The predicted molar refractivity (Wildman–Crippen MR) is 58.7 cm³/mol. The van der Waals surface area contributed by atoms with Gasteiger partial charge in [0.1, 0.15) is 5.82 Å². The van der Waals surface area contributed by atoms with Crippen molar-refractivity contribution >= 4 is 11.8 Å². The SMILES string of the molecule is NNc1nc(NCc2ccno2)cc(C(F)(F)F)n1. The van der Waals surface area contributed by atoms with Crippen LogP contribution in [0, 0.1) is 0 Å². The van der Waals surface area contributed by atoms with E-state index in [2.05, 4.69) is 20.4 Å². The molecule has 0 unspecified atom stereocenters. The Morgan fingerprint density at radius 3 is 2.68 bits per heavy atom. The first-order valence-corrected chi connectivity index (χ1v) is 5.05. The molecule has 0 saturated heterocycles. The Labute approximate surface area is 105 Å². The molecule has 0 fully saturated rings. The number of hydrogen-bond donors (Lipinski definition) is 3. The van der Waals surface area contributed by atoms with E-state index in [1.54, 1.807) is 6.07 Å². The van der Waals surface area contributed by atoms with Crippen LogP contribution < -0.4 is 16.6 Å². The largest absolute Gasteiger partial charge is 0.433 e. The number of alkyl halides is 3. The summed E-state index contributed by atoms with van der Waals surface area (Å²) in [6.07, 6.45) is -3.16. The maximum atomic E-state index is 12.6. The Balaban J connectivity index is 2.19. The number of nitrogens with two attached hydrogens (primary N) is 1. The fourth-order valence-electron chi connectivity index (χ4n) is 1.26. The van der Waals surface area contributed by atoms with Gasteiger partial charge in [-0.3, -0.25) is 5.43 Å². The summed E-state index contributed by atoms with van der Waals surface area (Å²) in [7, 11) is 0. The molecule has 10 heteroatoms. The van der Waals surface area contributed by atoms with Gasteiger partial charge in [-0.1, -0.05) is 5.16 Å². The highest BCUT2D eigenvalue weighted by Crippen LogP contribution is 2.29. The van der Waals surface area contributed by atoms with Gasteiger partial charge in [0.2, 0.25) is 5.95 Å². The third kappa shape index (κ3) is 3.31. The van der Waals surface area contributed by atoms with E-state index in [4.69, 9.17) is 10.4 Å². The molecule has 0 aliphatic heterocycles. The first-order chi connectivity index (χ1) is 8.99. The molecule has 7 nitrogen and oxygen atoms in total. The Bertz CT molecular complexity index is 541. The van der Waals surface area contributed by atoms with Crippen LogP contribution in [0.5, 0.6) is 0 Å². The van der Waals surface area contributed by atoms with E-state index in [-0.39, 0.29) is 18.3 Å². The van der Waals surface area contributed by atoms with Gasteiger partial charge in [-0.15, -0.1) is 0 Å². The molecule has 0 aromatic carbocycles. The molecule has 0 aliphatic carbocycles. The van der Waals surface area contributed by atoms with Crippen LogP contribution in [0.3, 0.4) is 0 Å². The lowest BCUT2D eigenvalue weighted by Crippen LogP contribution is -2.16. The molecular formula is C9H9F3N6O. The van der Waals surface area contributed by atoms with Crippen LogP contribution in [-0.4, -0.2) is 15.1 Å². The van der Waals surface area contributed by atoms with E-state index in [0.29, 0.717) is 5.76 Å². The molecule has 0 saturated carbocycles. The van der Waals surface area contributed by atoms with Crippen molar-refractivity contribution in [1.82, 2.24) is 15.1 Å². The quantitative estimate of drug-likeness (QED) is 0.571. The molecule has 0 spiro atoms. The monoisotopic (exact) mass is 274 g/mol. The molecule has 2 aromatic heterocycles. The van der Waals surface area contributed by atoms with Crippen molar-refractivity contribution in [3.8, 4) is 0 Å². The number of nitrogens with one attached hydrogen (secondary N) is 2. The molecule has 2 aromatic rings. The van der Waals surface area contributed by atoms with E-state index in [9.17, 15) is 13.2 Å². The summed E-state index contributed by atoms with van der Waals surface area (Å²) in [5.74, 6) is 5.10. The summed E-state index contributed by atoms with van der Waals surface area (Å²) in [5.41, 5.74) is 0.874. The molecule has 102 valence electrons. The molecule has 2 heterocycles. The smallest absolute Gasteiger partial charge is 0.363 e. The number of nitrogen functional groups attached to an aromatic ring is 1.